The van der Waals surface area contributed by atoms with Gasteiger partial charge < -0.3 is 15.8 Å². The molecule has 1 aromatic rings. The van der Waals surface area contributed by atoms with E-state index in [1.54, 1.807) is 25.3 Å². The molecule has 0 aliphatic rings. The van der Waals surface area contributed by atoms with E-state index in [-0.39, 0.29) is 24.4 Å². The van der Waals surface area contributed by atoms with Crippen molar-refractivity contribution in [3.8, 4) is 5.75 Å². The van der Waals surface area contributed by atoms with Gasteiger partial charge in [-0.25, -0.2) is 0 Å². The number of carbonyl (C=O) groups is 1. The first-order valence-electron chi connectivity index (χ1n) is 6.32. The summed E-state index contributed by atoms with van der Waals surface area (Å²) in [6.07, 6.45) is 0.865. The Hall–Kier alpha value is -0.780. The predicted octanol–water partition coefficient (Wildman–Crippen LogP) is 2.98. The van der Waals surface area contributed by atoms with E-state index < -0.39 is 0 Å². The molecular weight excluding hydrogens is 344 g/mol. The van der Waals surface area contributed by atoms with Gasteiger partial charge in [0.25, 0.3) is 5.91 Å². The lowest BCUT2D eigenvalue weighted by Crippen LogP contribution is -2.41. The monoisotopic (exact) mass is 364 g/mol. The Kier molecular flexibility index (Phi) is 8.85. The third-order valence-electron chi connectivity index (χ3n) is 2.79. The zero-order chi connectivity index (χ0) is 14.4. The van der Waals surface area contributed by atoms with Gasteiger partial charge in [0.1, 0.15) is 5.75 Å². The molecule has 20 heavy (non-hydrogen) atoms. The maximum Gasteiger partial charge on any atom is 0.252 e. The molecule has 1 aromatic carbocycles. The number of hydrogen-bond donors (Lipinski definition) is 2. The standard InChI is InChI=1S/C14H21BrN2O2.ClH/c1-9(2)6-10(8-16)17-14(18)12-7-11(19-3)4-5-13(12)15;/h4-5,7,9-10H,6,8,16H2,1-3H3,(H,17,18);1H. The van der Waals surface area contributed by atoms with Crippen molar-refractivity contribution < 1.29 is 9.53 Å². The first kappa shape index (κ1) is 19.2. The number of methoxy groups -OCH3 is 1. The minimum Gasteiger partial charge on any atom is -0.497 e. The van der Waals surface area contributed by atoms with Gasteiger partial charge >= 0.3 is 0 Å². The van der Waals surface area contributed by atoms with E-state index in [0.717, 1.165) is 10.9 Å². The minimum absolute atomic E-state index is 0. The lowest BCUT2D eigenvalue weighted by atomic mass is 10.0. The Labute approximate surface area is 135 Å². The fourth-order valence-electron chi connectivity index (χ4n) is 1.85. The number of ether oxygens (including phenoxy) is 1. The number of nitrogens with two attached hydrogens (primary N) is 1. The molecule has 3 N–H and O–H groups in total. The van der Waals surface area contributed by atoms with Crippen LogP contribution in [0.1, 0.15) is 30.6 Å². The molecule has 0 heterocycles. The molecule has 0 aliphatic heterocycles. The van der Waals surface area contributed by atoms with Crippen molar-refractivity contribution >= 4 is 34.2 Å². The van der Waals surface area contributed by atoms with Crippen molar-refractivity contribution in [2.45, 2.75) is 26.3 Å². The predicted molar refractivity (Wildman–Crippen MR) is 87.7 cm³/mol. The van der Waals surface area contributed by atoms with Crippen LogP contribution in [0.15, 0.2) is 22.7 Å². The van der Waals surface area contributed by atoms with Crippen LogP contribution in [0.3, 0.4) is 0 Å². The molecule has 0 spiro atoms. The van der Waals surface area contributed by atoms with Crippen LogP contribution in [0.4, 0.5) is 0 Å². The summed E-state index contributed by atoms with van der Waals surface area (Å²) in [5.74, 6) is 1.01. The van der Waals surface area contributed by atoms with E-state index in [4.69, 9.17) is 10.5 Å². The van der Waals surface area contributed by atoms with E-state index in [9.17, 15) is 4.79 Å². The second-order valence-electron chi connectivity index (χ2n) is 4.88. The first-order chi connectivity index (χ1) is 8.97. The molecule has 0 aromatic heterocycles. The molecule has 6 heteroatoms. The molecule has 0 radical (unpaired) electrons. The maximum absolute atomic E-state index is 12.2. The van der Waals surface area contributed by atoms with Gasteiger partial charge in [-0.3, -0.25) is 4.79 Å². The Morgan fingerprint density at radius 3 is 2.60 bits per heavy atom. The Morgan fingerprint density at radius 2 is 2.10 bits per heavy atom. The Morgan fingerprint density at radius 1 is 1.45 bits per heavy atom. The van der Waals surface area contributed by atoms with Crippen LogP contribution in [0.5, 0.6) is 5.75 Å². The summed E-state index contributed by atoms with van der Waals surface area (Å²) < 4.78 is 5.87. The summed E-state index contributed by atoms with van der Waals surface area (Å²) in [6.45, 7) is 4.65. The smallest absolute Gasteiger partial charge is 0.252 e. The zero-order valence-corrected chi connectivity index (χ0v) is 14.4. The molecule has 0 fully saturated rings. The topological polar surface area (TPSA) is 64.3 Å². The van der Waals surface area contributed by atoms with E-state index >= 15 is 0 Å². The molecule has 0 aliphatic carbocycles. The van der Waals surface area contributed by atoms with Crippen LogP contribution in [0.2, 0.25) is 0 Å². The first-order valence-corrected chi connectivity index (χ1v) is 7.11. The number of carbonyl (C=O) groups excluding carboxylic acids is 1. The highest BCUT2D eigenvalue weighted by Gasteiger charge is 2.16. The molecular formula is C14H22BrClN2O2. The lowest BCUT2D eigenvalue weighted by Gasteiger charge is -2.19. The van der Waals surface area contributed by atoms with E-state index in [2.05, 4.69) is 35.1 Å². The molecule has 4 nitrogen and oxygen atoms in total. The van der Waals surface area contributed by atoms with Crippen molar-refractivity contribution in [1.82, 2.24) is 5.32 Å². The summed E-state index contributed by atoms with van der Waals surface area (Å²) >= 11 is 3.38. The van der Waals surface area contributed by atoms with Crippen LogP contribution in [0, 0.1) is 5.92 Å². The normalized spacial score (nSPS) is 11.7. The number of hydrogen-bond acceptors (Lipinski definition) is 3. The molecule has 0 bridgehead atoms. The highest BCUT2D eigenvalue weighted by atomic mass is 79.9. The Bertz CT molecular complexity index is 441. The van der Waals surface area contributed by atoms with Crippen LogP contribution in [0.25, 0.3) is 0 Å². The van der Waals surface area contributed by atoms with Gasteiger partial charge in [-0.1, -0.05) is 13.8 Å². The quantitative estimate of drug-likeness (QED) is 0.814. The maximum atomic E-state index is 12.2. The summed E-state index contributed by atoms with van der Waals surface area (Å²) in [7, 11) is 1.58. The van der Waals surface area contributed by atoms with Gasteiger partial charge in [0, 0.05) is 17.1 Å². The van der Waals surface area contributed by atoms with E-state index in [1.807, 2.05) is 0 Å². The van der Waals surface area contributed by atoms with Crippen molar-refractivity contribution in [3.05, 3.63) is 28.2 Å². The third kappa shape index (κ3) is 5.69. The van der Waals surface area contributed by atoms with Gasteiger partial charge in [-0.05, 0) is 46.5 Å². The van der Waals surface area contributed by atoms with Gasteiger partial charge in [-0.15, -0.1) is 12.4 Å². The number of amides is 1. The van der Waals surface area contributed by atoms with Crippen molar-refractivity contribution in [1.29, 1.82) is 0 Å². The average molecular weight is 366 g/mol. The average Bonchev–Trinajstić information content (AvgIpc) is 2.37. The minimum atomic E-state index is -0.137. The number of benzene rings is 1. The number of halogens is 2. The lowest BCUT2D eigenvalue weighted by molar-refractivity contribution is 0.0932. The fourth-order valence-corrected chi connectivity index (χ4v) is 2.28. The second-order valence-corrected chi connectivity index (χ2v) is 5.74. The van der Waals surface area contributed by atoms with E-state index in [0.29, 0.717) is 23.8 Å². The number of nitrogens with one attached hydrogen (secondary N) is 1. The van der Waals surface area contributed by atoms with Gasteiger partial charge in [-0.2, -0.15) is 0 Å². The fraction of sp³-hybridized carbons (Fsp3) is 0.500. The molecule has 0 saturated carbocycles. The summed E-state index contributed by atoms with van der Waals surface area (Å²) in [6, 6.07) is 5.30. The zero-order valence-electron chi connectivity index (χ0n) is 12.0. The SMILES string of the molecule is COc1ccc(Br)c(C(=O)NC(CN)CC(C)C)c1.Cl. The van der Waals surface area contributed by atoms with Gasteiger partial charge in [0.2, 0.25) is 0 Å². The second kappa shape index (κ2) is 9.21. The van der Waals surface area contributed by atoms with Crippen LogP contribution < -0.4 is 15.8 Å². The van der Waals surface area contributed by atoms with Crippen molar-refractivity contribution in [3.63, 3.8) is 0 Å². The highest BCUT2D eigenvalue weighted by molar-refractivity contribution is 9.10. The largest absolute Gasteiger partial charge is 0.497 e. The summed E-state index contributed by atoms with van der Waals surface area (Å²) in [4.78, 5) is 12.2. The third-order valence-corrected chi connectivity index (χ3v) is 3.49. The van der Waals surface area contributed by atoms with Crippen LogP contribution >= 0.6 is 28.3 Å². The van der Waals surface area contributed by atoms with Crippen molar-refractivity contribution in [2.24, 2.45) is 11.7 Å². The highest BCUT2D eigenvalue weighted by Crippen LogP contribution is 2.22. The van der Waals surface area contributed by atoms with Crippen LogP contribution in [-0.4, -0.2) is 25.6 Å². The molecule has 114 valence electrons. The van der Waals surface area contributed by atoms with Crippen LogP contribution in [-0.2, 0) is 0 Å². The molecule has 1 amide bonds. The van der Waals surface area contributed by atoms with Gasteiger partial charge in [0.05, 0.1) is 12.7 Å². The Balaban J connectivity index is 0.00000361. The molecule has 1 rings (SSSR count). The summed E-state index contributed by atoms with van der Waals surface area (Å²) in [5.41, 5.74) is 6.25. The molecule has 1 unspecified atom stereocenters. The number of rotatable bonds is 6. The molecule has 0 saturated heterocycles. The molecule has 1 atom stereocenters. The summed E-state index contributed by atoms with van der Waals surface area (Å²) in [5, 5.41) is 2.96. The van der Waals surface area contributed by atoms with Gasteiger partial charge in [0.15, 0.2) is 0 Å². The van der Waals surface area contributed by atoms with Crippen molar-refractivity contribution in [2.75, 3.05) is 13.7 Å². The van der Waals surface area contributed by atoms with E-state index in [1.165, 1.54) is 0 Å².